The lowest BCUT2D eigenvalue weighted by molar-refractivity contribution is 0.414. The van der Waals surface area contributed by atoms with Crippen molar-refractivity contribution in [3.05, 3.63) is 46.4 Å². The molecular formula is C17H24N2OS. The van der Waals surface area contributed by atoms with Crippen molar-refractivity contribution in [3.63, 3.8) is 0 Å². The molecule has 2 aromatic rings. The minimum atomic E-state index is 0.576. The predicted molar refractivity (Wildman–Crippen MR) is 89.2 cm³/mol. The second-order valence-electron chi connectivity index (χ2n) is 5.31. The van der Waals surface area contributed by atoms with Gasteiger partial charge in [0.05, 0.1) is 18.3 Å². The summed E-state index contributed by atoms with van der Waals surface area (Å²) in [5.41, 5.74) is 4.48. The van der Waals surface area contributed by atoms with E-state index in [0.717, 1.165) is 31.7 Å². The largest absolute Gasteiger partial charge is 0.497 e. The Morgan fingerprint density at radius 2 is 2.05 bits per heavy atom. The van der Waals surface area contributed by atoms with Crippen molar-refractivity contribution in [2.45, 2.75) is 26.2 Å². The molecule has 1 atom stereocenters. The Morgan fingerprint density at radius 1 is 1.24 bits per heavy atom. The van der Waals surface area contributed by atoms with E-state index in [0.29, 0.717) is 5.92 Å². The molecule has 0 radical (unpaired) electrons. The van der Waals surface area contributed by atoms with Crippen LogP contribution in [0.4, 0.5) is 0 Å². The zero-order valence-electron chi connectivity index (χ0n) is 12.8. The standard InChI is InChI=1S/C17H24N2OS/c1-3-8-18-11-15(10-16-12-21-13-19-16)9-14-4-6-17(20-2)7-5-14/h4-7,12-13,15,18H,3,8-11H2,1-2H3. The highest BCUT2D eigenvalue weighted by molar-refractivity contribution is 7.07. The molecule has 0 aliphatic carbocycles. The third-order valence-corrected chi connectivity index (χ3v) is 4.16. The van der Waals surface area contributed by atoms with Crippen LogP contribution in [0, 0.1) is 5.92 Å². The number of aromatic nitrogens is 1. The lowest BCUT2D eigenvalue weighted by Gasteiger charge is -2.17. The van der Waals surface area contributed by atoms with Crippen molar-refractivity contribution in [1.82, 2.24) is 10.3 Å². The van der Waals surface area contributed by atoms with Gasteiger partial charge >= 0.3 is 0 Å². The zero-order valence-corrected chi connectivity index (χ0v) is 13.7. The van der Waals surface area contributed by atoms with E-state index in [2.05, 4.69) is 34.7 Å². The molecule has 0 fully saturated rings. The molecule has 0 spiro atoms. The number of ether oxygens (including phenoxy) is 1. The van der Waals surface area contributed by atoms with E-state index in [1.165, 1.54) is 17.7 Å². The molecular weight excluding hydrogens is 280 g/mol. The molecule has 0 saturated carbocycles. The average Bonchev–Trinajstić information content (AvgIpc) is 3.01. The van der Waals surface area contributed by atoms with Crippen LogP contribution in [-0.4, -0.2) is 25.2 Å². The molecule has 0 bridgehead atoms. The van der Waals surface area contributed by atoms with Crippen LogP contribution in [0.5, 0.6) is 5.75 Å². The van der Waals surface area contributed by atoms with Crippen molar-refractivity contribution < 1.29 is 4.74 Å². The summed E-state index contributed by atoms with van der Waals surface area (Å²) in [7, 11) is 1.70. The number of benzene rings is 1. The molecule has 1 N–H and O–H groups in total. The number of rotatable bonds is 9. The molecule has 21 heavy (non-hydrogen) atoms. The molecule has 114 valence electrons. The SMILES string of the molecule is CCCNCC(Cc1ccc(OC)cc1)Cc1cscn1. The Kier molecular flexibility index (Phi) is 6.70. The fraction of sp³-hybridized carbons (Fsp3) is 0.471. The van der Waals surface area contributed by atoms with E-state index in [1.807, 2.05) is 17.6 Å². The summed E-state index contributed by atoms with van der Waals surface area (Å²) < 4.78 is 5.22. The van der Waals surface area contributed by atoms with Crippen LogP contribution in [0.25, 0.3) is 0 Å². The molecule has 1 aromatic carbocycles. The van der Waals surface area contributed by atoms with Crippen molar-refractivity contribution in [3.8, 4) is 5.75 Å². The quantitative estimate of drug-likeness (QED) is 0.719. The third kappa shape index (κ3) is 5.48. The Hall–Kier alpha value is -1.39. The van der Waals surface area contributed by atoms with Crippen molar-refractivity contribution in [1.29, 1.82) is 0 Å². The summed E-state index contributed by atoms with van der Waals surface area (Å²) in [5.74, 6) is 1.49. The Morgan fingerprint density at radius 3 is 2.67 bits per heavy atom. The molecule has 1 heterocycles. The van der Waals surface area contributed by atoms with E-state index in [9.17, 15) is 0 Å². The normalized spacial score (nSPS) is 12.3. The molecule has 0 aliphatic heterocycles. The van der Waals surface area contributed by atoms with Gasteiger partial charge in [-0.1, -0.05) is 19.1 Å². The van der Waals surface area contributed by atoms with Crippen LogP contribution in [0.3, 0.4) is 0 Å². The first kappa shape index (κ1) is 16.0. The molecule has 0 aliphatic rings. The van der Waals surface area contributed by atoms with Crippen LogP contribution in [-0.2, 0) is 12.8 Å². The van der Waals surface area contributed by atoms with Gasteiger partial charge in [0.1, 0.15) is 5.75 Å². The number of methoxy groups -OCH3 is 1. The smallest absolute Gasteiger partial charge is 0.118 e. The van der Waals surface area contributed by atoms with E-state index < -0.39 is 0 Å². The molecule has 4 heteroatoms. The molecule has 0 saturated heterocycles. The second kappa shape index (κ2) is 8.80. The highest BCUT2D eigenvalue weighted by Gasteiger charge is 2.12. The molecule has 2 rings (SSSR count). The minimum Gasteiger partial charge on any atom is -0.497 e. The minimum absolute atomic E-state index is 0.576. The Labute approximate surface area is 131 Å². The van der Waals surface area contributed by atoms with Gasteiger partial charge in [0.15, 0.2) is 0 Å². The van der Waals surface area contributed by atoms with Gasteiger partial charge < -0.3 is 10.1 Å². The molecule has 1 aromatic heterocycles. The van der Waals surface area contributed by atoms with Gasteiger partial charge in [0.2, 0.25) is 0 Å². The monoisotopic (exact) mass is 304 g/mol. The summed E-state index contributed by atoms with van der Waals surface area (Å²) in [4.78, 5) is 4.42. The number of hydrogen-bond acceptors (Lipinski definition) is 4. The number of thiazole rings is 1. The van der Waals surface area contributed by atoms with Crippen molar-refractivity contribution in [2.75, 3.05) is 20.2 Å². The zero-order chi connectivity index (χ0) is 14.9. The molecule has 1 unspecified atom stereocenters. The second-order valence-corrected chi connectivity index (χ2v) is 6.02. The van der Waals surface area contributed by atoms with E-state index in [-0.39, 0.29) is 0 Å². The first-order valence-electron chi connectivity index (χ1n) is 7.52. The summed E-state index contributed by atoms with van der Waals surface area (Å²) in [5, 5.41) is 5.69. The summed E-state index contributed by atoms with van der Waals surface area (Å²) in [6.07, 6.45) is 3.27. The van der Waals surface area contributed by atoms with Gasteiger partial charge in [0, 0.05) is 5.38 Å². The average molecular weight is 304 g/mol. The first-order valence-corrected chi connectivity index (χ1v) is 8.46. The van der Waals surface area contributed by atoms with E-state index in [4.69, 9.17) is 4.74 Å². The van der Waals surface area contributed by atoms with Crippen LogP contribution < -0.4 is 10.1 Å². The molecule has 0 amide bonds. The lowest BCUT2D eigenvalue weighted by atomic mass is 9.95. The summed E-state index contributed by atoms with van der Waals surface area (Å²) in [6.45, 7) is 4.32. The maximum absolute atomic E-state index is 5.22. The summed E-state index contributed by atoms with van der Waals surface area (Å²) in [6, 6.07) is 8.39. The predicted octanol–water partition coefficient (Wildman–Crippen LogP) is 3.55. The number of nitrogens with one attached hydrogen (secondary N) is 1. The van der Waals surface area contributed by atoms with Gasteiger partial charge in [0.25, 0.3) is 0 Å². The fourth-order valence-corrected chi connectivity index (χ4v) is 3.00. The maximum atomic E-state index is 5.22. The van der Waals surface area contributed by atoms with E-state index >= 15 is 0 Å². The van der Waals surface area contributed by atoms with E-state index in [1.54, 1.807) is 18.4 Å². The van der Waals surface area contributed by atoms with Crippen LogP contribution in [0.2, 0.25) is 0 Å². The highest BCUT2D eigenvalue weighted by Crippen LogP contribution is 2.17. The first-order chi connectivity index (χ1) is 10.3. The maximum Gasteiger partial charge on any atom is 0.118 e. The van der Waals surface area contributed by atoms with Gasteiger partial charge in [-0.05, 0) is 56.0 Å². The lowest BCUT2D eigenvalue weighted by Crippen LogP contribution is -2.26. The van der Waals surface area contributed by atoms with Crippen molar-refractivity contribution >= 4 is 11.3 Å². The number of hydrogen-bond donors (Lipinski definition) is 1. The Bertz CT molecular complexity index is 496. The van der Waals surface area contributed by atoms with Gasteiger partial charge in [-0.15, -0.1) is 11.3 Å². The molecule has 3 nitrogen and oxygen atoms in total. The Balaban J connectivity index is 1.96. The van der Waals surface area contributed by atoms with Crippen LogP contribution in [0.1, 0.15) is 24.6 Å². The topological polar surface area (TPSA) is 34.1 Å². The highest BCUT2D eigenvalue weighted by atomic mass is 32.1. The van der Waals surface area contributed by atoms with Gasteiger partial charge in [-0.2, -0.15) is 0 Å². The summed E-state index contributed by atoms with van der Waals surface area (Å²) >= 11 is 1.67. The fourth-order valence-electron chi connectivity index (χ4n) is 2.43. The van der Waals surface area contributed by atoms with Crippen molar-refractivity contribution in [2.24, 2.45) is 5.92 Å². The third-order valence-electron chi connectivity index (χ3n) is 3.52. The number of nitrogens with zero attached hydrogens (tertiary/aromatic N) is 1. The van der Waals surface area contributed by atoms with Crippen LogP contribution >= 0.6 is 11.3 Å². The van der Waals surface area contributed by atoms with Gasteiger partial charge in [-0.3, -0.25) is 0 Å². The van der Waals surface area contributed by atoms with Gasteiger partial charge in [-0.25, -0.2) is 4.98 Å². The van der Waals surface area contributed by atoms with Crippen LogP contribution in [0.15, 0.2) is 35.2 Å².